The van der Waals surface area contributed by atoms with E-state index in [0.717, 1.165) is 0 Å². The van der Waals surface area contributed by atoms with Gasteiger partial charge >= 0.3 is 0 Å². The molecule has 2 rings (SSSR count). The maximum absolute atomic E-state index is 12.1. The summed E-state index contributed by atoms with van der Waals surface area (Å²) in [5.74, 6) is -0.562. The number of anilines is 2. The molecule has 0 unspecified atom stereocenters. The molecule has 0 aliphatic heterocycles. The van der Waals surface area contributed by atoms with Gasteiger partial charge in [0.2, 0.25) is 5.91 Å². The molecule has 0 aromatic heterocycles. The van der Waals surface area contributed by atoms with Gasteiger partial charge < -0.3 is 10.4 Å². The van der Waals surface area contributed by atoms with Crippen molar-refractivity contribution >= 4 is 27.3 Å². The van der Waals surface area contributed by atoms with Gasteiger partial charge in [0.15, 0.2) is 0 Å². The van der Waals surface area contributed by atoms with Crippen LogP contribution in [0.25, 0.3) is 0 Å². The van der Waals surface area contributed by atoms with E-state index in [4.69, 9.17) is 0 Å². The molecule has 21 heavy (non-hydrogen) atoms. The summed E-state index contributed by atoms with van der Waals surface area (Å²) in [6.07, 6.45) is 0. The molecule has 0 spiro atoms. The summed E-state index contributed by atoms with van der Waals surface area (Å²) in [6.45, 7) is 1.34. The number of carbonyl (C=O) groups excluding carboxylic acids is 1. The third-order valence-corrected chi connectivity index (χ3v) is 4.00. The van der Waals surface area contributed by atoms with Gasteiger partial charge in [-0.15, -0.1) is 0 Å². The molecule has 0 bridgehead atoms. The standard InChI is InChI=1S/C14H14N2O4S/c1-10(17)15-11-7-8-13(14(18)9-11)16-21(19,20)12-5-3-2-4-6-12/h2-9,16,18H,1H3,(H,15,17). The summed E-state index contributed by atoms with van der Waals surface area (Å²) in [5, 5.41) is 12.3. The largest absolute Gasteiger partial charge is 0.506 e. The summed E-state index contributed by atoms with van der Waals surface area (Å²) < 4.78 is 26.5. The molecule has 6 nitrogen and oxygen atoms in total. The van der Waals surface area contributed by atoms with Gasteiger partial charge in [0.25, 0.3) is 10.0 Å². The van der Waals surface area contributed by atoms with Crippen LogP contribution in [0.2, 0.25) is 0 Å². The van der Waals surface area contributed by atoms with Crippen LogP contribution in [0.4, 0.5) is 11.4 Å². The minimum atomic E-state index is -3.77. The van der Waals surface area contributed by atoms with E-state index in [2.05, 4.69) is 10.0 Å². The van der Waals surface area contributed by atoms with E-state index in [9.17, 15) is 18.3 Å². The van der Waals surface area contributed by atoms with Crippen LogP contribution in [0.5, 0.6) is 5.75 Å². The van der Waals surface area contributed by atoms with E-state index in [1.54, 1.807) is 18.2 Å². The van der Waals surface area contributed by atoms with Gasteiger partial charge in [-0.05, 0) is 24.3 Å². The highest BCUT2D eigenvalue weighted by Crippen LogP contribution is 2.28. The average molecular weight is 306 g/mol. The second kappa shape index (κ2) is 5.84. The molecule has 2 aromatic carbocycles. The molecule has 0 heterocycles. The number of aromatic hydroxyl groups is 1. The van der Waals surface area contributed by atoms with Crippen LogP contribution in [-0.4, -0.2) is 19.4 Å². The Balaban J connectivity index is 2.26. The van der Waals surface area contributed by atoms with Crippen LogP contribution in [0.15, 0.2) is 53.4 Å². The Labute approximate surface area is 122 Å². The molecule has 1 amide bonds. The fourth-order valence-electron chi connectivity index (χ4n) is 1.70. The first-order valence-electron chi connectivity index (χ1n) is 6.07. The van der Waals surface area contributed by atoms with Crippen molar-refractivity contribution in [2.45, 2.75) is 11.8 Å². The van der Waals surface area contributed by atoms with Gasteiger partial charge in [0, 0.05) is 18.7 Å². The van der Waals surface area contributed by atoms with Crippen molar-refractivity contribution in [3.63, 3.8) is 0 Å². The van der Waals surface area contributed by atoms with E-state index in [1.807, 2.05) is 0 Å². The summed E-state index contributed by atoms with van der Waals surface area (Å²) >= 11 is 0. The number of phenols is 1. The number of hydrogen-bond acceptors (Lipinski definition) is 4. The van der Waals surface area contributed by atoms with Gasteiger partial charge in [-0.1, -0.05) is 18.2 Å². The van der Waals surface area contributed by atoms with Crippen molar-refractivity contribution in [3.8, 4) is 5.75 Å². The minimum absolute atomic E-state index is 0.0351. The fourth-order valence-corrected chi connectivity index (χ4v) is 2.80. The maximum Gasteiger partial charge on any atom is 0.262 e. The highest BCUT2D eigenvalue weighted by atomic mass is 32.2. The summed E-state index contributed by atoms with van der Waals surface area (Å²) in [6, 6.07) is 12.0. The molecule has 0 saturated heterocycles. The fraction of sp³-hybridized carbons (Fsp3) is 0.0714. The van der Waals surface area contributed by atoms with Crippen molar-refractivity contribution in [3.05, 3.63) is 48.5 Å². The van der Waals surface area contributed by atoms with Crippen molar-refractivity contribution in [2.75, 3.05) is 10.0 Å². The minimum Gasteiger partial charge on any atom is -0.506 e. The zero-order chi connectivity index (χ0) is 15.5. The van der Waals surface area contributed by atoms with Gasteiger partial charge in [0.05, 0.1) is 10.6 Å². The Morgan fingerprint density at radius 2 is 1.76 bits per heavy atom. The van der Waals surface area contributed by atoms with Crippen molar-refractivity contribution in [1.29, 1.82) is 0 Å². The number of hydrogen-bond donors (Lipinski definition) is 3. The third-order valence-electron chi connectivity index (χ3n) is 2.62. The quantitative estimate of drug-likeness (QED) is 0.754. The predicted octanol–water partition coefficient (Wildman–Crippen LogP) is 2.15. The van der Waals surface area contributed by atoms with E-state index in [-0.39, 0.29) is 22.2 Å². The molecule has 0 fully saturated rings. The summed E-state index contributed by atoms with van der Waals surface area (Å²) in [5.41, 5.74) is 0.413. The molecule has 3 N–H and O–H groups in total. The molecule has 0 saturated carbocycles. The second-order valence-corrected chi connectivity index (χ2v) is 6.01. The Hall–Kier alpha value is -2.54. The molecule has 7 heteroatoms. The van der Waals surface area contributed by atoms with Crippen LogP contribution >= 0.6 is 0 Å². The molecule has 0 aliphatic carbocycles. The first kappa shape index (κ1) is 14.9. The molecule has 0 radical (unpaired) electrons. The Kier molecular flexibility index (Phi) is 4.13. The van der Waals surface area contributed by atoms with Gasteiger partial charge in [-0.2, -0.15) is 0 Å². The highest BCUT2D eigenvalue weighted by Gasteiger charge is 2.15. The van der Waals surface area contributed by atoms with Gasteiger partial charge in [-0.3, -0.25) is 9.52 Å². The Morgan fingerprint density at radius 3 is 2.33 bits per heavy atom. The monoisotopic (exact) mass is 306 g/mol. The molecule has 0 aliphatic rings. The number of nitrogens with one attached hydrogen (secondary N) is 2. The van der Waals surface area contributed by atoms with Gasteiger partial charge in [-0.25, -0.2) is 8.42 Å². The van der Waals surface area contributed by atoms with Gasteiger partial charge in [0.1, 0.15) is 5.75 Å². The number of carbonyl (C=O) groups is 1. The second-order valence-electron chi connectivity index (χ2n) is 4.33. The average Bonchev–Trinajstić information content (AvgIpc) is 2.42. The van der Waals surface area contributed by atoms with Crippen LogP contribution in [0.3, 0.4) is 0 Å². The first-order valence-corrected chi connectivity index (χ1v) is 7.55. The molecular formula is C14H14N2O4S. The summed E-state index contributed by atoms with van der Waals surface area (Å²) in [4.78, 5) is 11.0. The molecule has 0 atom stereocenters. The number of amides is 1. The lowest BCUT2D eigenvalue weighted by Crippen LogP contribution is -2.13. The van der Waals surface area contributed by atoms with Crippen molar-refractivity contribution < 1.29 is 18.3 Å². The van der Waals surface area contributed by atoms with Crippen LogP contribution in [0, 0.1) is 0 Å². The summed E-state index contributed by atoms with van der Waals surface area (Å²) in [7, 11) is -3.77. The SMILES string of the molecule is CC(=O)Nc1ccc(NS(=O)(=O)c2ccccc2)c(O)c1. The third kappa shape index (κ3) is 3.73. The lowest BCUT2D eigenvalue weighted by Gasteiger charge is -2.11. The van der Waals surface area contributed by atoms with E-state index in [1.165, 1.54) is 37.3 Å². The number of rotatable bonds is 4. The Morgan fingerprint density at radius 1 is 1.10 bits per heavy atom. The van der Waals surface area contributed by atoms with Crippen LogP contribution in [0.1, 0.15) is 6.92 Å². The van der Waals surface area contributed by atoms with Crippen LogP contribution < -0.4 is 10.0 Å². The van der Waals surface area contributed by atoms with Crippen molar-refractivity contribution in [1.82, 2.24) is 0 Å². The number of phenolic OH excluding ortho intramolecular Hbond substituents is 1. The molecule has 2 aromatic rings. The number of benzene rings is 2. The van der Waals surface area contributed by atoms with E-state index < -0.39 is 10.0 Å². The normalized spacial score (nSPS) is 10.9. The zero-order valence-corrected chi connectivity index (χ0v) is 12.0. The zero-order valence-electron chi connectivity index (χ0n) is 11.2. The lowest BCUT2D eigenvalue weighted by molar-refractivity contribution is -0.114. The predicted molar refractivity (Wildman–Crippen MR) is 79.7 cm³/mol. The van der Waals surface area contributed by atoms with E-state index in [0.29, 0.717) is 5.69 Å². The van der Waals surface area contributed by atoms with E-state index >= 15 is 0 Å². The first-order chi connectivity index (χ1) is 9.88. The van der Waals surface area contributed by atoms with Crippen molar-refractivity contribution in [2.24, 2.45) is 0 Å². The molecule has 110 valence electrons. The Bertz CT molecular complexity index is 758. The lowest BCUT2D eigenvalue weighted by atomic mass is 10.2. The highest BCUT2D eigenvalue weighted by molar-refractivity contribution is 7.92. The maximum atomic E-state index is 12.1. The van der Waals surface area contributed by atoms with Crippen LogP contribution in [-0.2, 0) is 14.8 Å². The number of sulfonamides is 1. The topological polar surface area (TPSA) is 95.5 Å². The molecular weight excluding hydrogens is 292 g/mol. The smallest absolute Gasteiger partial charge is 0.262 e.